The summed E-state index contributed by atoms with van der Waals surface area (Å²) in [4.78, 5) is 26.7. The standard InChI is InChI=1S/C22H27N3O4/c1-28-19-11-8-17(14-20(19)29-2)24-22(27)15-21(26)23-16-6-9-18(10-7-16)25-12-4-3-5-13-25/h6-11,14H,3-5,12-13,15H2,1-2H3,(H,23,26)(H,24,27). The summed E-state index contributed by atoms with van der Waals surface area (Å²) in [6.45, 7) is 2.14. The summed E-state index contributed by atoms with van der Waals surface area (Å²) in [7, 11) is 3.06. The van der Waals surface area contributed by atoms with Crippen molar-refractivity contribution < 1.29 is 19.1 Å². The molecule has 0 saturated carbocycles. The van der Waals surface area contributed by atoms with Gasteiger partial charge in [0.05, 0.1) is 14.2 Å². The minimum absolute atomic E-state index is 0.276. The third kappa shape index (κ3) is 5.63. The van der Waals surface area contributed by atoms with Crippen LogP contribution in [0.2, 0.25) is 0 Å². The molecular formula is C22H27N3O4. The molecule has 0 aliphatic carbocycles. The largest absolute Gasteiger partial charge is 0.493 e. The van der Waals surface area contributed by atoms with Crippen LogP contribution in [0.5, 0.6) is 11.5 Å². The van der Waals surface area contributed by atoms with Gasteiger partial charge >= 0.3 is 0 Å². The topological polar surface area (TPSA) is 79.9 Å². The van der Waals surface area contributed by atoms with Gasteiger partial charge in [-0.2, -0.15) is 0 Å². The van der Waals surface area contributed by atoms with Crippen LogP contribution >= 0.6 is 0 Å². The Balaban J connectivity index is 1.51. The number of hydrogen-bond donors (Lipinski definition) is 2. The number of nitrogens with zero attached hydrogens (tertiary/aromatic N) is 1. The van der Waals surface area contributed by atoms with Crippen LogP contribution in [0, 0.1) is 0 Å². The molecule has 0 atom stereocenters. The van der Waals surface area contributed by atoms with E-state index in [0.717, 1.165) is 18.8 Å². The van der Waals surface area contributed by atoms with Crippen molar-refractivity contribution in [3.8, 4) is 11.5 Å². The predicted molar refractivity (Wildman–Crippen MR) is 114 cm³/mol. The molecule has 1 aliphatic heterocycles. The average Bonchev–Trinajstić information content (AvgIpc) is 2.74. The Morgan fingerprint density at radius 1 is 0.828 bits per heavy atom. The van der Waals surface area contributed by atoms with Gasteiger partial charge in [0.2, 0.25) is 11.8 Å². The molecule has 29 heavy (non-hydrogen) atoms. The highest BCUT2D eigenvalue weighted by molar-refractivity contribution is 6.08. The molecule has 7 nitrogen and oxygen atoms in total. The first-order valence-corrected chi connectivity index (χ1v) is 9.76. The summed E-state index contributed by atoms with van der Waals surface area (Å²) >= 11 is 0. The number of methoxy groups -OCH3 is 2. The zero-order valence-corrected chi connectivity index (χ0v) is 16.9. The Morgan fingerprint density at radius 3 is 2.03 bits per heavy atom. The van der Waals surface area contributed by atoms with E-state index < -0.39 is 5.91 Å². The molecule has 3 rings (SSSR count). The minimum Gasteiger partial charge on any atom is -0.493 e. The maximum absolute atomic E-state index is 12.2. The number of rotatable bonds is 7. The minimum atomic E-state index is -0.403. The van der Waals surface area contributed by atoms with Gasteiger partial charge in [0.25, 0.3) is 0 Å². The lowest BCUT2D eigenvalue weighted by atomic mass is 10.1. The molecule has 0 unspecified atom stereocenters. The van der Waals surface area contributed by atoms with Crippen LogP contribution in [0.15, 0.2) is 42.5 Å². The second-order valence-corrected chi connectivity index (χ2v) is 6.94. The summed E-state index contributed by atoms with van der Waals surface area (Å²) in [6.07, 6.45) is 3.44. The zero-order chi connectivity index (χ0) is 20.6. The van der Waals surface area contributed by atoms with E-state index in [9.17, 15) is 9.59 Å². The van der Waals surface area contributed by atoms with Gasteiger partial charge in [-0.15, -0.1) is 0 Å². The van der Waals surface area contributed by atoms with Crippen molar-refractivity contribution in [2.24, 2.45) is 0 Å². The highest BCUT2D eigenvalue weighted by Crippen LogP contribution is 2.29. The number of nitrogens with one attached hydrogen (secondary N) is 2. The van der Waals surface area contributed by atoms with Crippen LogP contribution in [0.3, 0.4) is 0 Å². The highest BCUT2D eigenvalue weighted by Gasteiger charge is 2.13. The zero-order valence-electron chi connectivity index (χ0n) is 16.9. The fraction of sp³-hybridized carbons (Fsp3) is 0.364. The normalized spacial score (nSPS) is 13.5. The maximum atomic E-state index is 12.2. The molecular weight excluding hydrogens is 370 g/mol. The lowest BCUT2D eigenvalue weighted by molar-refractivity contribution is -0.123. The number of ether oxygens (including phenoxy) is 2. The second kappa shape index (κ2) is 9.82. The number of carbonyl (C=O) groups is 2. The molecule has 1 heterocycles. The van der Waals surface area contributed by atoms with Gasteiger partial charge in [0.15, 0.2) is 11.5 Å². The monoisotopic (exact) mass is 397 g/mol. The van der Waals surface area contributed by atoms with Gasteiger partial charge in [-0.25, -0.2) is 0 Å². The highest BCUT2D eigenvalue weighted by atomic mass is 16.5. The first kappa shape index (κ1) is 20.5. The van der Waals surface area contributed by atoms with Crippen LogP contribution in [0.25, 0.3) is 0 Å². The molecule has 1 aliphatic rings. The lowest BCUT2D eigenvalue weighted by Gasteiger charge is -2.28. The first-order valence-electron chi connectivity index (χ1n) is 9.76. The van der Waals surface area contributed by atoms with E-state index in [1.54, 1.807) is 25.3 Å². The van der Waals surface area contributed by atoms with Crippen LogP contribution in [0.1, 0.15) is 25.7 Å². The predicted octanol–water partition coefficient (Wildman–Crippen LogP) is 3.66. The van der Waals surface area contributed by atoms with Gasteiger partial charge in [-0.1, -0.05) is 0 Å². The van der Waals surface area contributed by atoms with Crippen LogP contribution in [0.4, 0.5) is 17.1 Å². The van der Waals surface area contributed by atoms with Crippen molar-refractivity contribution in [3.05, 3.63) is 42.5 Å². The summed E-state index contributed by atoms with van der Waals surface area (Å²) in [5, 5.41) is 5.46. The third-order valence-corrected chi connectivity index (χ3v) is 4.86. The molecule has 0 radical (unpaired) electrons. The molecule has 7 heteroatoms. The number of piperidine rings is 1. The van der Waals surface area contributed by atoms with Gasteiger partial charge < -0.3 is 25.0 Å². The van der Waals surface area contributed by atoms with Crippen molar-refractivity contribution in [3.63, 3.8) is 0 Å². The molecule has 0 bridgehead atoms. The number of anilines is 3. The van der Waals surface area contributed by atoms with Crippen molar-refractivity contribution in [2.45, 2.75) is 25.7 Å². The van der Waals surface area contributed by atoms with Crippen molar-refractivity contribution in [1.82, 2.24) is 0 Å². The molecule has 2 amide bonds. The van der Waals surface area contributed by atoms with E-state index in [4.69, 9.17) is 9.47 Å². The number of amides is 2. The Kier molecular flexibility index (Phi) is 6.94. The summed E-state index contributed by atoms with van der Waals surface area (Å²) in [5.74, 6) is 0.299. The molecule has 1 fully saturated rings. The van der Waals surface area contributed by atoms with E-state index in [-0.39, 0.29) is 12.3 Å². The molecule has 154 valence electrons. The van der Waals surface area contributed by atoms with Gasteiger partial charge in [0.1, 0.15) is 6.42 Å². The molecule has 2 aromatic rings. The SMILES string of the molecule is COc1ccc(NC(=O)CC(=O)Nc2ccc(N3CCCCC3)cc2)cc1OC. The third-order valence-electron chi connectivity index (χ3n) is 4.86. The quantitative estimate of drug-likeness (QED) is 0.697. The Morgan fingerprint density at radius 2 is 1.41 bits per heavy atom. The Bertz CT molecular complexity index is 846. The lowest BCUT2D eigenvalue weighted by Crippen LogP contribution is -2.29. The first-order chi connectivity index (χ1) is 14.1. The Hall–Kier alpha value is -3.22. The number of hydrogen-bond acceptors (Lipinski definition) is 5. The van der Waals surface area contributed by atoms with Crippen molar-refractivity contribution in [1.29, 1.82) is 0 Å². The molecule has 0 aromatic heterocycles. The average molecular weight is 397 g/mol. The summed E-state index contributed by atoms with van der Waals surface area (Å²) in [5.41, 5.74) is 2.37. The van der Waals surface area contributed by atoms with E-state index in [2.05, 4.69) is 15.5 Å². The van der Waals surface area contributed by atoms with Crippen LogP contribution in [-0.4, -0.2) is 39.1 Å². The molecule has 2 aromatic carbocycles. The van der Waals surface area contributed by atoms with Gasteiger partial charge in [-0.05, 0) is 55.7 Å². The fourth-order valence-corrected chi connectivity index (χ4v) is 3.38. The van der Waals surface area contributed by atoms with Crippen LogP contribution < -0.4 is 25.0 Å². The maximum Gasteiger partial charge on any atom is 0.233 e. The number of carbonyl (C=O) groups excluding carboxylic acids is 2. The molecule has 0 spiro atoms. The van der Waals surface area contributed by atoms with Gasteiger partial charge in [-0.3, -0.25) is 9.59 Å². The Labute approximate surface area is 171 Å². The molecule has 2 N–H and O–H groups in total. The van der Waals surface area contributed by atoms with Crippen molar-refractivity contribution in [2.75, 3.05) is 42.8 Å². The van der Waals surface area contributed by atoms with Crippen molar-refractivity contribution >= 4 is 28.9 Å². The second-order valence-electron chi connectivity index (χ2n) is 6.94. The van der Waals surface area contributed by atoms with Gasteiger partial charge in [0, 0.05) is 36.2 Å². The fourth-order valence-electron chi connectivity index (χ4n) is 3.38. The number of benzene rings is 2. The molecule has 1 saturated heterocycles. The summed E-state index contributed by atoms with van der Waals surface area (Å²) < 4.78 is 10.4. The van der Waals surface area contributed by atoms with Crippen LogP contribution in [-0.2, 0) is 9.59 Å². The van der Waals surface area contributed by atoms with E-state index >= 15 is 0 Å². The smallest absolute Gasteiger partial charge is 0.233 e. The van der Waals surface area contributed by atoms with E-state index in [1.807, 2.05) is 24.3 Å². The van der Waals surface area contributed by atoms with E-state index in [0.29, 0.717) is 22.9 Å². The van der Waals surface area contributed by atoms with E-state index in [1.165, 1.54) is 26.4 Å². The summed E-state index contributed by atoms with van der Waals surface area (Å²) in [6, 6.07) is 12.8.